The molecule has 2 fully saturated rings. The first-order chi connectivity index (χ1) is 20.1. The predicted octanol–water partition coefficient (Wildman–Crippen LogP) is 2.08. The van der Waals surface area contributed by atoms with Gasteiger partial charge in [0.25, 0.3) is 0 Å². The van der Waals surface area contributed by atoms with Crippen LogP contribution in [0.15, 0.2) is 40.5 Å². The van der Waals surface area contributed by atoms with E-state index in [9.17, 15) is 19.8 Å². The maximum atomic E-state index is 13.8. The normalized spacial score (nSPS) is 41.0. The highest BCUT2D eigenvalue weighted by Gasteiger charge is 2.71. The first-order valence-corrected chi connectivity index (χ1v) is 14.4. The van der Waals surface area contributed by atoms with Crippen molar-refractivity contribution in [3.8, 4) is 0 Å². The van der Waals surface area contributed by atoms with Crippen molar-refractivity contribution in [3.63, 3.8) is 0 Å². The van der Waals surface area contributed by atoms with Crippen LogP contribution >= 0.6 is 0 Å². The second kappa shape index (κ2) is 12.2. The molecule has 42 heavy (non-hydrogen) atoms. The standard InChI is InChI=1S/C31H42O11/c1-15-11-16(2)31-22(20(12-36-4)30(35)40-26(15)23(32)14-38-6)8-7-19-24(31)25(33)21(13-37-5)27(28(19)42-31)41-29(34)18-9-10-39-17(18)3/h7-11,15,19-28,32-33H,12-14H2,1-6H3/b16-11+/t15-,19-,20-,21-,22-,23-,24+,25-,26+,27?,28-,31+/m1/s1. The van der Waals surface area contributed by atoms with E-state index < -0.39 is 77.6 Å². The Kier molecular flexibility index (Phi) is 8.99. The molecule has 11 heteroatoms. The van der Waals surface area contributed by atoms with Crippen molar-refractivity contribution in [2.24, 2.45) is 35.5 Å². The van der Waals surface area contributed by atoms with Gasteiger partial charge < -0.3 is 43.1 Å². The van der Waals surface area contributed by atoms with Gasteiger partial charge in [-0.05, 0) is 25.5 Å². The lowest BCUT2D eigenvalue weighted by Gasteiger charge is -2.49. The van der Waals surface area contributed by atoms with Gasteiger partial charge in [-0.1, -0.05) is 25.2 Å². The van der Waals surface area contributed by atoms with Gasteiger partial charge in [-0.25, -0.2) is 4.79 Å². The van der Waals surface area contributed by atoms with Gasteiger partial charge in [0.05, 0.1) is 38.1 Å². The molecule has 1 aromatic heterocycles. The average molecular weight is 591 g/mol. The lowest BCUT2D eigenvalue weighted by molar-refractivity contribution is -0.173. The van der Waals surface area contributed by atoms with Crippen LogP contribution in [-0.2, 0) is 33.2 Å². The minimum absolute atomic E-state index is 0.0114. The maximum Gasteiger partial charge on any atom is 0.342 e. The zero-order valence-corrected chi connectivity index (χ0v) is 24.9. The molecule has 0 radical (unpaired) electrons. The van der Waals surface area contributed by atoms with Crippen LogP contribution in [-0.4, -0.2) is 99.4 Å². The molecule has 232 valence electrons. The van der Waals surface area contributed by atoms with E-state index in [4.69, 9.17) is 32.8 Å². The Bertz CT molecular complexity index is 1210. The fourth-order valence-electron chi connectivity index (χ4n) is 7.78. The van der Waals surface area contributed by atoms with Gasteiger partial charge in [0, 0.05) is 50.9 Å². The Morgan fingerprint density at radius 2 is 1.86 bits per heavy atom. The number of ether oxygens (including phenoxy) is 6. The van der Waals surface area contributed by atoms with Crippen LogP contribution in [0.4, 0.5) is 0 Å². The van der Waals surface area contributed by atoms with Crippen molar-refractivity contribution in [2.75, 3.05) is 41.2 Å². The van der Waals surface area contributed by atoms with E-state index in [1.807, 2.05) is 32.1 Å². The topological polar surface area (TPSA) is 143 Å². The van der Waals surface area contributed by atoms with Crippen LogP contribution in [0.25, 0.3) is 0 Å². The van der Waals surface area contributed by atoms with Crippen LogP contribution < -0.4 is 0 Å². The lowest BCUT2D eigenvalue weighted by atomic mass is 9.56. The Morgan fingerprint density at radius 3 is 2.50 bits per heavy atom. The lowest BCUT2D eigenvalue weighted by Crippen LogP contribution is -2.59. The SMILES string of the molecule is COC[C@@H](O)[C@H]1OC(=O)[C@H](COC)[C@H]2C=C[C@@H]3[C@H]4[C@H](O)[C@@H](COC)C(OC(=O)c5ccoc5C)[C@@H]3O[C@]42/C(C)=C/[C@H]1C. The number of carbonyl (C=O) groups excluding carboxylic acids is 2. The molecule has 2 N–H and O–H groups in total. The molecule has 5 rings (SSSR count). The highest BCUT2D eigenvalue weighted by Crippen LogP contribution is 2.62. The van der Waals surface area contributed by atoms with Gasteiger partial charge in [0.1, 0.15) is 41.3 Å². The third kappa shape index (κ3) is 4.93. The van der Waals surface area contributed by atoms with E-state index in [2.05, 4.69) is 0 Å². The number of aliphatic hydroxyl groups is 2. The van der Waals surface area contributed by atoms with Crippen LogP contribution in [0.1, 0.15) is 30.0 Å². The maximum absolute atomic E-state index is 13.8. The number of rotatable bonds is 9. The van der Waals surface area contributed by atoms with Gasteiger partial charge in [0.2, 0.25) is 0 Å². The zero-order valence-electron chi connectivity index (χ0n) is 24.9. The molecule has 1 aromatic rings. The molecule has 11 nitrogen and oxygen atoms in total. The van der Waals surface area contributed by atoms with E-state index in [-0.39, 0.29) is 25.7 Å². The fraction of sp³-hybridized carbons (Fsp3) is 0.677. The molecule has 3 heterocycles. The minimum Gasteiger partial charge on any atom is -0.469 e. The second-order valence-electron chi connectivity index (χ2n) is 12.0. The molecule has 2 aliphatic carbocycles. The largest absolute Gasteiger partial charge is 0.469 e. The van der Waals surface area contributed by atoms with Crippen molar-refractivity contribution in [1.82, 2.24) is 0 Å². The van der Waals surface area contributed by atoms with Crippen molar-refractivity contribution in [3.05, 3.63) is 47.5 Å². The van der Waals surface area contributed by atoms with E-state index in [1.54, 1.807) is 13.0 Å². The number of furan rings is 1. The van der Waals surface area contributed by atoms with Gasteiger partial charge >= 0.3 is 11.9 Å². The number of aryl methyl sites for hydroxylation is 1. The number of cyclic esters (lactones) is 1. The highest BCUT2D eigenvalue weighted by molar-refractivity contribution is 5.90. The Labute approximate surface area is 245 Å². The molecular weight excluding hydrogens is 548 g/mol. The van der Waals surface area contributed by atoms with Gasteiger partial charge in [-0.2, -0.15) is 0 Å². The predicted molar refractivity (Wildman–Crippen MR) is 147 cm³/mol. The van der Waals surface area contributed by atoms with Gasteiger partial charge in [0.15, 0.2) is 0 Å². The molecule has 0 aromatic carbocycles. The van der Waals surface area contributed by atoms with Crippen molar-refractivity contribution >= 4 is 11.9 Å². The molecule has 4 bridgehead atoms. The number of methoxy groups -OCH3 is 3. The number of carbonyl (C=O) groups is 2. The summed E-state index contributed by atoms with van der Waals surface area (Å²) >= 11 is 0. The van der Waals surface area contributed by atoms with Crippen LogP contribution in [0, 0.1) is 42.4 Å². The summed E-state index contributed by atoms with van der Waals surface area (Å²) < 4.78 is 40.6. The first kappa shape index (κ1) is 30.9. The first-order valence-electron chi connectivity index (χ1n) is 14.4. The number of esters is 2. The summed E-state index contributed by atoms with van der Waals surface area (Å²) in [6.45, 7) is 5.62. The number of hydrogen-bond acceptors (Lipinski definition) is 11. The van der Waals surface area contributed by atoms with E-state index in [0.29, 0.717) is 11.3 Å². The molecule has 12 atom stereocenters. The highest BCUT2D eigenvalue weighted by atomic mass is 16.6. The fourth-order valence-corrected chi connectivity index (χ4v) is 7.78. The molecule has 4 aliphatic rings. The molecule has 1 spiro atoms. The van der Waals surface area contributed by atoms with Crippen molar-refractivity contribution < 1.29 is 52.6 Å². The number of aliphatic hydroxyl groups excluding tert-OH is 2. The molecular formula is C31H42O11. The third-order valence-corrected chi connectivity index (χ3v) is 9.59. The molecule has 2 aliphatic heterocycles. The summed E-state index contributed by atoms with van der Waals surface area (Å²) in [6.07, 6.45) is 2.89. The summed E-state index contributed by atoms with van der Waals surface area (Å²) in [5.74, 6) is -3.84. The van der Waals surface area contributed by atoms with Crippen molar-refractivity contribution in [2.45, 2.75) is 56.9 Å². The quantitative estimate of drug-likeness (QED) is 0.322. The number of hydrogen-bond donors (Lipinski definition) is 2. The van der Waals surface area contributed by atoms with Crippen LogP contribution in [0.5, 0.6) is 0 Å². The third-order valence-electron chi connectivity index (χ3n) is 9.59. The summed E-state index contributed by atoms with van der Waals surface area (Å²) in [6, 6.07) is 1.55. The minimum atomic E-state index is -1.14. The summed E-state index contributed by atoms with van der Waals surface area (Å²) in [4.78, 5) is 27.1. The molecule has 1 unspecified atom stereocenters. The second-order valence-corrected chi connectivity index (χ2v) is 12.0. The van der Waals surface area contributed by atoms with Crippen LogP contribution in [0.3, 0.4) is 0 Å². The molecule has 1 saturated heterocycles. The zero-order chi connectivity index (χ0) is 30.3. The summed E-state index contributed by atoms with van der Waals surface area (Å²) in [5.41, 5.74) is -0.0465. The van der Waals surface area contributed by atoms with Gasteiger partial charge in [-0.3, -0.25) is 4.79 Å². The smallest absolute Gasteiger partial charge is 0.342 e. The summed E-state index contributed by atoms with van der Waals surface area (Å²) in [7, 11) is 4.52. The Balaban J connectivity index is 1.61. The summed E-state index contributed by atoms with van der Waals surface area (Å²) in [5, 5.41) is 22.9. The van der Waals surface area contributed by atoms with Crippen LogP contribution in [0.2, 0.25) is 0 Å². The average Bonchev–Trinajstić information content (AvgIpc) is 3.46. The molecule has 0 amide bonds. The van der Waals surface area contributed by atoms with E-state index in [1.165, 1.54) is 27.6 Å². The monoisotopic (exact) mass is 590 g/mol. The van der Waals surface area contributed by atoms with Crippen molar-refractivity contribution in [1.29, 1.82) is 0 Å². The molecule has 1 saturated carbocycles. The Morgan fingerprint density at radius 1 is 1.12 bits per heavy atom. The Hall–Kier alpha value is -2.54. The van der Waals surface area contributed by atoms with E-state index >= 15 is 0 Å². The van der Waals surface area contributed by atoms with E-state index in [0.717, 1.165) is 5.57 Å². The van der Waals surface area contributed by atoms with Gasteiger partial charge in [-0.15, -0.1) is 0 Å².